The number of halogens is 1. The van der Waals surface area contributed by atoms with Crippen molar-refractivity contribution < 1.29 is 13.2 Å². The molecule has 5 nitrogen and oxygen atoms in total. The number of rotatable bonds is 4. The SMILES string of the molecule is CCN1c2ccc(Cl)cc2C(c2ccccc2)=C(C(=O)NC2CCCC2)S1(=O)=O. The topological polar surface area (TPSA) is 66.5 Å². The number of carbonyl (C=O) groups excluding carboxylic acids is 1. The zero-order valence-corrected chi connectivity index (χ0v) is 17.8. The second kappa shape index (κ2) is 7.84. The first-order chi connectivity index (χ1) is 13.9. The molecule has 1 saturated carbocycles. The van der Waals surface area contributed by atoms with Crippen LogP contribution >= 0.6 is 11.6 Å². The van der Waals surface area contributed by atoms with Crippen molar-refractivity contribution in [1.82, 2.24) is 5.32 Å². The van der Waals surface area contributed by atoms with E-state index in [0.717, 1.165) is 25.7 Å². The largest absolute Gasteiger partial charge is 0.349 e. The van der Waals surface area contributed by atoms with E-state index in [0.29, 0.717) is 27.4 Å². The quantitative estimate of drug-likeness (QED) is 0.785. The monoisotopic (exact) mass is 430 g/mol. The van der Waals surface area contributed by atoms with Gasteiger partial charge in [0.2, 0.25) is 0 Å². The molecule has 1 heterocycles. The fourth-order valence-electron chi connectivity index (χ4n) is 4.20. The van der Waals surface area contributed by atoms with Gasteiger partial charge in [-0.3, -0.25) is 9.10 Å². The Bertz CT molecular complexity index is 1070. The maximum Gasteiger partial charge on any atom is 0.270 e. The highest BCUT2D eigenvalue weighted by Gasteiger charge is 2.41. The first kappa shape index (κ1) is 20.0. The zero-order valence-electron chi connectivity index (χ0n) is 16.2. The predicted molar refractivity (Wildman–Crippen MR) is 116 cm³/mol. The summed E-state index contributed by atoms with van der Waals surface area (Å²) in [6.07, 6.45) is 3.84. The number of amides is 1. The lowest BCUT2D eigenvalue weighted by atomic mass is 9.95. The van der Waals surface area contributed by atoms with Crippen LogP contribution in [0.15, 0.2) is 53.4 Å². The van der Waals surface area contributed by atoms with Gasteiger partial charge in [-0.25, -0.2) is 8.42 Å². The van der Waals surface area contributed by atoms with Gasteiger partial charge in [0.15, 0.2) is 4.91 Å². The molecule has 1 amide bonds. The van der Waals surface area contributed by atoms with E-state index in [9.17, 15) is 13.2 Å². The number of hydrogen-bond donors (Lipinski definition) is 1. The predicted octanol–water partition coefficient (Wildman–Crippen LogP) is 4.33. The molecule has 0 unspecified atom stereocenters. The van der Waals surface area contributed by atoms with Gasteiger partial charge in [0.25, 0.3) is 15.9 Å². The molecule has 7 heteroatoms. The Labute approximate surface area is 176 Å². The third kappa shape index (κ3) is 3.55. The van der Waals surface area contributed by atoms with Crippen LogP contribution in [-0.2, 0) is 14.8 Å². The minimum absolute atomic E-state index is 0.0121. The molecule has 2 aliphatic rings. The van der Waals surface area contributed by atoms with Gasteiger partial charge >= 0.3 is 0 Å². The van der Waals surface area contributed by atoms with Crippen molar-refractivity contribution in [3.05, 3.63) is 69.6 Å². The number of fused-ring (bicyclic) bond motifs is 1. The summed E-state index contributed by atoms with van der Waals surface area (Å²) >= 11 is 6.27. The number of benzene rings is 2. The second-order valence-corrected chi connectivity index (χ2v) is 9.59. The second-order valence-electron chi connectivity index (χ2n) is 7.36. The highest BCUT2D eigenvalue weighted by molar-refractivity contribution is 7.97. The van der Waals surface area contributed by atoms with Crippen LogP contribution in [0.4, 0.5) is 5.69 Å². The third-order valence-electron chi connectivity index (χ3n) is 5.52. The van der Waals surface area contributed by atoms with Crippen LogP contribution in [0.25, 0.3) is 5.57 Å². The number of carbonyl (C=O) groups is 1. The van der Waals surface area contributed by atoms with Crippen LogP contribution < -0.4 is 9.62 Å². The van der Waals surface area contributed by atoms with E-state index < -0.39 is 15.9 Å². The molecule has 0 bridgehead atoms. The van der Waals surface area contributed by atoms with Gasteiger partial charge in [0.1, 0.15) is 0 Å². The molecule has 2 aromatic carbocycles. The van der Waals surface area contributed by atoms with Gasteiger partial charge in [0, 0.05) is 28.7 Å². The number of nitrogens with one attached hydrogen (secondary N) is 1. The summed E-state index contributed by atoms with van der Waals surface area (Å²) in [5.41, 5.74) is 2.26. The first-order valence-corrected chi connectivity index (χ1v) is 11.7. The van der Waals surface area contributed by atoms with E-state index in [-0.39, 0.29) is 17.5 Å². The average molecular weight is 431 g/mol. The number of hydrogen-bond acceptors (Lipinski definition) is 3. The summed E-state index contributed by atoms with van der Waals surface area (Å²) in [7, 11) is -4.02. The Morgan fingerprint density at radius 1 is 1.14 bits per heavy atom. The van der Waals surface area contributed by atoms with Gasteiger partial charge in [-0.05, 0) is 43.5 Å². The number of sulfonamides is 1. The van der Waals surface area contributed by atoms with E-state index in [4.69, 9.17) is 11.6 Å². The van der Waals surface area contributed by atoms with Crippen molar-refractivity contribution in [2.24, 2.45) is 0 Å². The molecule has 0 saturated heterocycles. The van der Waals surface area contributed by atoms with E-state index >= 15 is 0 Å². The molecule has 152 valence electrons. The smallest absolute Gasteiger partial charge is 0.270 e. The molecule has 29 heavy (non-hydrogen) atoms. The molecule has 0 aromatic heterocycles. The summed E-state index contributed by atoms with van der Waals surface area (Å²) in [5.74, 6) is -0.542. The van der Waals surface area contributed by atoms with Gasteiger partial charge in [-0.15, -0.1) is 0 Å². The summed E-state index contributed by atoms with van der Waals surface area (Å²) in [6.45, 7) is 1.98. The summed E-state index contributed by atoms with van der Waals surface area (Å²) in [4.78, 5) is 13.1. The summed E-state index contributed by atoms with van der Waals surface area (Å²) < 4.78 is 28.4. The zero-order chi connectivity index (χ0) is 20.6. The third-order valence-corrected chi connectivity index (χ3v) is 7.69. The minimum Gasteiger partial charge on any atom is -0.349 e. The number of nitrogens with zero attached hydrogens (tertiary/aromatic N) is 1. The van der Waals surface area contributed by atoms with Gasteiger partial charge in [-0.2, -0.15) is 0 Å². The minimum atomic E-state index is -4.02. The van der Waals surface area contributed by atoms with Crippen molar-refractivity contribution in [2.45, 2.75) is 38.6 Å². The molecule has 0 spiro atoms. The Hall–Kier alpha value is -2.31. The molecule has 1 aliphatic heterocycles. The fourth-order valence-corrected chi connectivity index (χ4v) is 6.13. The molecule has 0 radical (unpaired) electrons. The molecule has 1 fully saturated rings. The Balaban J connectivity index is 1.99. The van der Waals surface area contributed by atoms with Crippen LogP contribution in [0, 0.1) is 0 Å². The van der Waals surface area contributed by atoms with Crippen LogP contribution in [-0.4, -0.2) is 26.9 Å². The van der Waals surface area contributed by atoms with Crippen LogP contribution in [0.3, 0.4) is 0 Å². The van der Waals surface area contributed by atoms with Crippen molar-refractivity contribution in [3.8, 4) is 0 Å². The van der Waals surface area contributed by atoms with Crippen LogP contribution in [0.5, 0.6) is 0 Å². The highest BCUT2D eigenvalue weighted by atomic mass is 35.5. The van der Waals surface area contributed by atoms with E-state index in [1.54, 1.807) is 25.1 Å². The van der Waals surface area contributed by atoms with E-state index in [1.807, 2.05) is 30.3 Å². The molecule has 2 aromatic rings. The summed E-state index contributed by atoms with van der Waals surface area (Å²) in [6, 6.07) is 14.3. The van der Waals surface area contributed by atoms with Crippen LogP contribution in [0.2, 0.25) is 5.02 Å². The van der Waals surface area contributed by atoms with E-state index in [1.165, 1.54) is 4.31 Å². The Kier molecular flexibility index (Phi) is 5.40. The lowest BCUT2D eigenvalue weighted by molar-refractivity contribution is -0.117. The van der Waals surface area contributed by atoms with Gasteiger partial charge in [0.05, 0.1) is 5.69 Å². The molecular weight excluding hydrogens is 408 g/mol. The van der Waals surface area contributed by atoms with Crippen LogP contribution in [0.1, 0.15) is 43.7 Å². The van der Waals surface area contributed by atoms with Crippen molar-refractivity contribution in [3.63, 3.8) is 0 Å². The van der Waals surface area contributed by atoms with Gasteiger partial charge < -0.3 is 5.32 Å². The molecule has 4 rings (SSSR count). The summed E-state index contributed by atoms with van der Waals surface area (Å²) in [5, 5.41) is 3.45. The lowest BCUT2D eigenvalue weighted by Gasteiger charge is -2.33. The van der Waals surface area contributed by atoms with Gasteiger partial charge in [-0.1, -0.05) is 54.8 Å². The molecule has 1 N–H and O–H groups in total. The van der Waals surface area contributed by atoms with E-state index in [2.05, 4.69) is 5.32 Å². The lowest BCUT2D eigenvalue weighted by Crippen LogP contribution is -2.43. The first-order valence-electron chi connectivity index (χ1n) is 9.86. The average Bonchev–Trinajstić information content (AvgIpc) is 3.20. The number of anilines is 1. The maximum absolute atomic E-state index is 13.6. The fraction of sp³-hybridized carbons (Fsp3) is 0.318. The van der Waals surface area contributed by atoms with Crippen molar-refractivity contribution in [2.75, 3.05) is 10.8 Å². The normalized spacial score (nSPS) is 18.6. The maximum atomic E-state index is 13.6. The highest BCUT2D eigenvalue weighted by Crippen LogP contribution is 2.43. The molecule has 1 aliphatic carbocycles. The molecule has 0 atom stereocenters. The Morgan fingerprint density at radius 2 is 1.83 bits per heavy atom. The Morgan fingerprint density at radius 3 is 2.48 bits per heavy atom. The van der Waals surface area contributed by atoms with Crippen molar-refractivity contribution in [1.29, 1.82) is 0 Å². The molecular formula is C22H23ClN2O3S. The van der Waals surface area contributed by atoms with Crippen molar-refractivity contribution >= 4 is 38.8 Å². The standard InChI is InChI=1S/C22H23ClN2O3S/c1-2-25-19-13-12-16(23)14-18(19)20(15-8-4-3-5-9-15)21(29(25,27)28)22(26)24-17-10-6-7-11-17/h3-5,8-9,12-14,17H,2,6-7,10-11H2,1H3,(H,24,26).